The van der Waals surface area contributed by atoms with E-state index in [0.29, 0.717) is 18.8 Å². The van der Waals surface area contributed by atoms with Gasteiger partial charge in [-0.1, -0.05) is 36.4 Å². The van der Waals surface area contributed by atoms with E-state index in [2.05, 4.69) is 29.4 Å². The number of ether oxygens (including phenoxy) is 2. The third-order valence-electron chi connectivity index (χ3n) is 5.80. The number of benzene rings is 2. The molecular weight excluding hydrogens is 378 g/mol. The molecule has 0 aliphatic carbocycles. The second kappa shape index (κ2) is 7.95. The molecule has 30 heavy (non-hydrogen) atoms. The zero-order valence-corrected chi connectivity index (χ0v) is 17.1. The molecule has 2 aliphatic heterocycles. The molecular formula is C24H25N3O3. The summed E-state index contributed by atoms with van der Waals surface area (Å²) >= 11 is 0. The zero-order valence-electron chi connectivity index (χ0n) is 17.1. The molecule has 1 fully saturated rings. The number of aromatic nitrogens is 2. The SMILES string of the molecule is Cn1cc(-c2ccc(CN3Cc4cccc(OC5CCOCC5)c4C3=O)cc2)cn1. The molecule has 0 unspecified atom stereocenters. The van der Waals surface area contributed by atoms with Crippen LogP contribution in [0.3, 0.4) is 0 Å². The minimum atomic E-state index is 0.0454. The molecule has 0 bridgehead atoms. The summed E-state index contributed by atoms with van der Waals surface area (Å²) in [5.74, 6) is 0.753. The van der Waals surface area contributed by atoms with Gasteiger partial charge in [0.25, 0.3) is 5.91 Å². The maximum absolute atomic E-state index is 13.2. The zero-order chi connectivity index (χ0) is 20.5. The van der Waals surface area contributed by atoms with Crippen LogP contribution in [0.4, 0.5) is 0 Å². The van der Waals surface area contributed by atoms with Gasteiger partial charge in [-0.15, -0.1) is 0 Å². The number of amides is 1. The maximum atomic E-state index is 13.2. The van der Waals surface area contributed by atoms with E-state index in [-0.39, 0.29) is 12.0 Å². The number of nitrogens with zero attached hydrogens (tertiary/aromatic N) is 3. The highest BCUT2D eigenvalue weighted by Crippen LogP contribution is 2.33. The van der Waals surface area contributed by atoms with Gasteiger partial charge in [-0.2, -0.15) is 5.10 Å². The summed E-state index contributed by atoms with van der Waals surface area (Å²) < 4.78 is 13.4. The molecule has 6 heteroatoms. The predicted octanol–water partition coefficient (Wildman–Crippen LogP) is 3.80. The monoisotopic (exact) mass is 403 g/mol. The fraction of sp³-hybridized carbons (Fsp3) is 0.333. The molecule has 6 nitrogen and oxygen atoms in total. The van der Waals surface area contributed by atoms with Crippen molar-refractivity contribution in [1.82, 2.24) is 14.7 Å². The van der Waals surface area contributed by atoms with E-state index in [1.54, 1.807) is 4.68 Å². The van der Waals surface area contributed by atoms with E-state index in [1.165, 1.54) is 0 Å². The fourth-order valence-electron chi connectivity index (χ4n) is 4.18. The highest BCUT2D eigenvalue weighted by atomic mass is 16.5. The molecule has 1 aromatic heterocycles. The van der Waals surface area contributed by atoms with Crippen molar-refractivity contribution < 1.29 is 14.3 Å². The van der Waals surface area contributed by atoms with Gasteiger partial charge >= 0.3 is 0 Å². The third kappa shape index (κ3) is 3.71. The van der Waals surface area contributed by atoms with Crippen molar-refractivity contribution in [3.8, 4) is 16.9 Å². The first kappa shape index (κ1) is 18.9. The van der Waals surface area contributed by atoms with Crippen molar-refractivity contribution in [2.75, 3.05) is 13.2 Å². The van der Waals surface area contributed by atoms with Gasteiger partial charge in [0.2, 0.25) is 0 Å². The molecule has 0 N–H and O–H groups in total. The molecule has 0 radical (unpaired) electrons. The lowest BCUT2D eigenvalue weighted by Crippen LogP contribution is -2.27. The summed E-state index contributed by atoms with van der Waals surface area (Å²) in [6.07, 6.45) is 5.70. The van der Waals surface area contributed by atoms with Crippen LogP contribution in [0.15, 0.2) is 54.9 Å². The Labute approximate surface area is 176 Å². The largest absolute Gasteiger partial charge is 0.489 e. The molecule has 5 rings (SSSR count). The Balaban J connectivity index is 1.30. The summed E-state index contributed by atoms with van der Waals surface area (Å²) in [7, 11) is 1.91. The van der Waals surface area contributed by atoms with Gasteiger partial charge in [0.05, 0.1) is 25.0 Å². The molecule has 3 aromatic rings. The highest BCUT2D eigenvalue weighted by molar-refractivity contribution is 6.01. The van der Waals surface area contributed by atoms with Crippen LogP contribution < -0.4 is 4.74 Å². The molecule has 0 spiro atoms. The summed E-state index contributed by atoms with van der Waals surface area (Å²) in [5, 5.41) is 4.23. The first-order chi connectivity index (χ1) is 14.7. The summed E-state index contributed by atoms with van der Waals surface area (Å²) in [6, 6.07) is 14.2. The lowest BCUT2D eigenvalue weighted by molar-refractivity contribution is 0.0251. The molecule has 2 aromatic carbocycles. The average Bonchev–Trinajstić information content (AvgIpc) is 3.33. The Kier molecular flexibility index (Phi) is 5.01. The Hall–Kier alpha value is -3.12. The molecule has 154 valence electrons. The average molecular weight is 403 g/mol. The van der Waals surface area contributed by atoms with Crippen molar-refractivity contribution in [3.05, 3.63) is 71.5 Å². The minimum Gasteiger partial charge on any atom is -0.489 e. The van der Waals surface area contributed by atoms with Crippen LogP contribution in [0.2, 0.25) is 0 Å². The van der Waals surface area contributed by atoms with Gasteiger partial charge in [0.1, 0.15) is 11.9 Å². The van der Waals surface area contributed by atoms with Gasteiger partial charge in [0.15, 0.2) is 0 Å². The number of hydrogen-bond donors (Lipinski definition) is 0. The van der Waals surface area contributed by atoms with Gasteiger partial charge in [-0.25, -0.2) is 0 Å². The van der Waals surface area contributed by atoms with E-state index >= 15 is 0 Å². The van der Waals surface area contributed by atoms with Gasteiger partial charge < -0.3 is 14.4 Å². The summed E-state index contributed by atoms with van der Waals surface area (Å²) in [5.41, 5.74) is 5.07. The number of aryl methyl sites for hydroxylation is 1. The lowest BCUT2D eigenvalue weighted by atomic mass is 10.1. The topological polar surface area (TPSA) is 56.6 Å². The van der Waals surface area contributed by atoms with Crippen molar-refractivity contribution in [3.63, 3.8) is 0 Å². The molecule has 1 amide bonds. The lowest BCUT2D eigenvalue weighted by Gasteiger charge is -2.24. The van der Waals surface area contributed by atoms with Crippen LogP contribution >= 0.6 is 0 Å². The van der Waals surface area contributed by atoms with Crippen LogP contribution in [0.1, 0.15) is 34.3 Å². The molecule has 0 saturated carbocycles. The second-order valence-electron chi connectivity index (χ2n) is 7.98. The van der Waals surface area contributed by atoms with E-state index < -0.39 is 0 Å². The Morgan fingerprint density at radius 1 is 1.10 bits per heavy atom. The van der Waals surface area contributed by atoms with Gasteiger partial charge in [-0.05, 0) is 22.8 Å². The molecule has 1 saturated heterocycles. The van der Waals surface area contributed by atoms with Gasteiger partial charge in [-0.3, -0.25) is 9.48 Å². The van der Waals surface area contributed by atoms with E-state index in [4.69, 9.17) is 9.47 Å². The van der Waals surface area contributed by atoms with Crippen molar-refractivity contribution in [2.45, 2.75) is 32.0 Å². The van der Waals surface area contributed by atoms with Crippen LogP contribution in [-0.2, 0) is 24.9 Å². The number of carbonyl (C=O) groups excluding carboxylic acids is 1. The van der Waals surface area contributed by atoms with E-state index in [9.17, 15) is 4.79 Å². The van der Waals surface area contributed by atoms with Crippen LogP contribution in [-0.4, -0.2) is 39.9 Å². The second-order valence-corrected chi connectivity index (χ2v) is 7.98. The van der Waals surface area contributed by atoms with Crippen LogP contribution in [0, 0.1) is 0 Å². The highest BCUT2D eigenvalue weighted by Gasteiger charge is 2.31. The van der Waals surface area contributed by atoms with Crippen LogP contribution in [0.5, 0.6) is 5.75 Å². The standard InChI is InChI=1S/C24H25N3O3/c1-26-15-20(13-25-26)18-7-5-17(6-8-18)14-27-16-19-3-2-4-22(23(19)24(27)28)30-21-9-11-29-12-10-21/h2-8,13,15,21H,9-12,14,16H2,1H3. The predicted molar refractivity (Wildman–Crippen MR) is 113 cm³/mol. The normalized spacial score (nSPS) is 16.7. The van der Waals surface area contributed by atoms with Gasteiger partial charge in [0, 0.05) is 44.7 Å². The number of hydrogen-bond acceptors (Lipinski definition) is 4. The Morgan fingerprint density at radius 3 is 2.63 bits per heavy atom. The number of fused-ring (bicyclic) bond motifs is 1. The minimum absolute atomic E-state index is 0.0454. The van der Waals surface area contributed by atoms with E-state index in [0.717, 1.165) is 53.9 Å². The molecule has 3 heterocycles. The smallest absolute Gasteiger partial charge is 0.258 e. The van der Waals surface area contributed by atoms with Crippen molar-refractivity contribution in [1.29, 1.82) is 0 Å². The first-order valence-electron chi connectivity index (χ1n) is 10.4. The summed E-state index contributed by atoms with van der Waals surface area (Å²) in [6.45, 7) is 2.63. The quantitative estimate of drug-likeness (QED) is 0.650. The molecule has 2 aliphatic rings. The Bertz CT molecular complexity index is 1050. The van der Waals surface area contributed by atoms with Crippen LogP contribution in [0.25, 0.3) is 11.1 Å². The maximum Gasteiger partial charge on any atom is 0.258 e. The first-order valence-corrected chi connectivity index (χ1v) is 10.4. The third-order valence-corrected chi connectivity index (χ3v) is 5.80. The number of rotatable bonds is 5. The number of carbonyl (C=O) groups is 1. The summed E-state index contributed by atoms with van der Waals surface area (Å²) in [4.78, 5) is 15.1. The van der Waals surface area contributed by atoms with Crippen molar-refractivity contribution >= 4 is 5.91 Å². The van der Waals surface area contributed by atoms with E-state index in [1.807, 2.05) is 42.5 Å². The molecule has 0 atom stereocenters. The Morgan fingerprint density at radius 2 is 1.90 bits per heavy atom. The fourth-order valence-corrected chi connectivity index (χ4v) is 4.18. The van der Waals surface area contributed by atoms with Crippen molar-refractivity contribution in [2.24, 2.45) is 7.05 Å².